The van der Waals surface area contributed by atoms with E-state index < -0.39 is 57.0 Å². The van der Waals surface area contributed by atoms with Crippen molar-refractivity contribution in [3.8, 4) is 5.75 Å². The maximum Gasteiger partial charge on any atom is 0.320 e. The molecule has 2 aliphatic heterocycles. The Labute approximate surface area is 299 Å². The van der Waals surface area contributed by atoms with Crippen LogP contribution >= 0.6 is 11.6 Å². The number of amides is 1. The fraction of sp³-hybridized carbons (Fsp3) is 0.595. The van der Waals surface area contributed by atoms with Crippen molar-refractivity contribution in [1.29, 1.82) is 0 Å². The number of fused-ring (bicyclic) bond motifs is 4. The normalized spacial score (nSPS) is 30.9. The molecule has 50 heavy (non-hydrogen) atoms. The van der Waals surface area contributed by atoms with Crippen LogP contribution in [-0.2, 0) is 40.9 Å². The second-order valence-corrected chi connectivity index (χ2v) is 17.2. The summed E-state index contributed by atoms with van der Waals surface area (Å²) in [7, 11) is -1.85. The summed E-state index contributed by atoms with van der Waals surface area (Å²) in [5, 5.41) is 11.4. The van der Waals surface area contributed by atoms with E-state index in [4.69, 9.17) is 25.8 Å². The molecule has 0 radical (unpaired) electrons. The number of halogens is 1. The fourth-order valence-electron chi connectivity index (χ4n) is 8.71. The number of carbonyl (C=O) groups is 3. The Morgan fingerprint density at radius 1 is 1.08 bits per heavy atom. The van der Waals surface area contributed by atoms with Crippen molar-refractivity contribution in [3.63, 3.8) is 0 Å². The van der Waals surface area contributed by atoms with E-state index in [1.165, 1.54) is 32.3 Å². The van der Waals surface area contributed by atoms with Crippen molar-refractivity contribution in [1.82, 2.24) is 4.72 Å². The summed E-state index contributed by atoms with van der Waals surface area (Å²) >= 11 is 6.41. The van der Waals surface area contributed by atoms with Crippen molar-refractivity contribution >= 4 is 45.2 Å². The molecule has 11 nitrogen and oxygen atoms in total. The molecule has 1 amide bonds. The second kappa shape index (κ2) is 14.3. The molecular weight excluding hydrogens is 684 g/mol. The number of rotatable bonds is 3. The molecule has 2 aromatic rings. The van der Waals surface area contributed by atoms with Crippen LogP contribution in [0.5, 0.6) is 5.75 Å². The van der Waals surface area contributed by atoms with Gasteiger partial charge in [0, 0.05) is 29.1 Å². The number of methoxy groups -OCH3 is 2. The number of sulfonamides is 1. The predicted molar refractivity (Wildman–Crippen MR) is 188 cm³/mol. The maximum absolute atomic E-state index is 13.6. The summed E-state index contributed by atoms with van der Waals surface area (Å²) in [6, 6.07) is 11.1. The van der Waals surface area contributed by atoms with E-state index >= 15 is 0 Å². The topological polar surface area (TPSA) is 149 Å². The summed E-state index contributed by atoms with van der Waals surface area (Å²) in [5.41, 5.74) is 2.88. The maximum atomic E-state index is 13.6. The van der Waals surface area contributed by atoms with Crippen LogP contribution in [0.25, 0.3) is 0 Å². The molecule has 1 spiro atoms. The number of esters is 2. The van der Waals surface area contributed by atoms with E-state index in [1.807, 2.05) is 12.1 Å². The summed E-state index contributed by atoms with van der Waals surface area (Å²) in [6.07, 6.45) is 3.66. The molecule has 7 atom stereocenters. The first-order valence-corrected chi connectivity index (χ1v) is 19.4. The minimum atomic E-state index is -4.21. The molecule has 2 N–H and O–H groups in total. The number of hydrogen-bond acceptors (Lipinski definition) is 10. The highest BCUT2D eigenvalue weighted by Crippen LogP contribution is 2.47. The number of nitrogens with one attached hydrogen (secondary N) is 1. The largest absolute Gasteiger partial charge is 0.490 e. The van der Waals surface area contributed by atoms with Gasteiger partial charge in [0.2, 0.25) is 10.0 Å². The van der Waals surface area contributed by atoms with Crippen LogP contribution in [0.1, 0.15) is 73.9 Å². The van der Waals surface area contributed by atoms with Gasteiger partial charge in [0.15, 0.2) is 5.92 Å². The second-order valence-electron chi connectivity index (χ2n) is 14.8. The summed E-state index contributed by atoms with van der Waals surface area (Å²) in [6.45, 7) is 4.75. The highest BCUT2D eigenvalue weighted by Gasteiger charge is 2.47. The minimum Gasteiger partial charge on any atom is -0.490 e. The third kappa shape index (κ3) is 6.95. The van der Waals surface area contributed by atoms with Gasteiger partial charge >= 0.3 is 11.9 Å². The lowest BCUT2D eigenvalue weighted by molar-refractivity contribution is -0.162. The van der Waals surface area contributed by atoms with Gasteiger partial charge in [-0.2, -0.15) is 0 Å². The first-order valence-electron chi connectivity index (χ1n) is 17.5. The number of aliphatic hydroxyl groups excluding tert-OH is 1. The molecule has 13 heteroatoms. The zero-order valence-electron chi connectivity index (χ0n) is 29.0. The summed E-state index contributed by atoms with van der Waals surface area (Å²) in [5.74, 6) is -4.58. The lowest BCUT2D eigenvalue weighted by Gasteiger charge is -2.46. The fourth-order valence-corrected chi connectivity index (χ4v) is 10.2. The molecule has 2 heterocycles. The average molecular weight is 731 g/mol. The Bertz CT molecular complexity index is 1740. The number of anilines is 1. The highest BCUT2D eigenvalue weighted by atomic mass is 35.5. The van der Waals surface area contributed by atoms with Crippen molar-refractivity contribution in [3.05, 3.63) is 58.1 Å². The number of aliphatic hydroxyl groups is 1. The molecule has 2 aliphatic carbocycles. The van der Waals surface area contributed by atoms with Crippen molar-refractivity contribution in [2.75, 3.05) is 38.8 Å². The van der Waals surface area contributed by atoms with Crippen LogP contribution in [0.4, 0.5) is 5.69 Å². The van der Waals surface area contributed by atoms with E-state index in [-0.39, 0.29) is 35.7 Å². The molecule has 0 saturated heterocycles. The Morgan fingerprint density at radius 3 is 2.50 bits per heavy atom. The quantitative estimate of drug-likeness (QED) is 0.338. The molecular formula is C37H47ClN2O9S. The third-order valence-electron chi connectivity index (χ3n) is 11.9. The van der Waals surface area contributed by atoms with Gasteiger partial charge in [-0.15, -0.1) is 0 Å². The van der Waals surface area contributed by atoms with Crippen molar-refractivity contribution in [2.24, 2.45) is 29.6 Å². The number of aryl methyl sites for hydroxylation is 1. The Balaban J connectivity index is 1.42. The first kappa shape index (κ1) is 36.4. The lowest BCUT2D eigenvalue weighted by atomic mass is 9.66. The molecule has 0 unspecified atom stereocenters. The first-order chi connectivity index (χ1) is 23.8. The number of ether oxygens (including phenoxy) is 3. The average Bonchev–Trinajstić information content (AvgIpc) is 3.22. The van der Waals surface area contributed by atoms with Gasteiger partial charge in [-0.05, 0) is 117 Å². The molecule has 6 rings (SSSR count). The van der Waals surface area contributed by atoms with Gasteiger partial charge in [0.1, 0.15) is 5.75 Å². The lowest BCUT2D eigenvalue weighted by Crippen LogP contribution is -2.50. The van der Waals surface area contributed by atoms with Gasteiger partial charge < -0.3 is 24.2 Å². The number of hydrogen-bond donors (Lipinski definition) is 2. The zero-order valence-corrected chi connectivity index (χ0v) is 30.6. The van der Waals surface area contributed by atoms with Crippen LogP contribution in [0.2, 0.25) is 5.02 Å². The van der Waals surface area contributed by atoms with E-state index in [2.05, 4.69) is 15.7 Å². The summed E-state index contributed by atoms with van der Waals surface area (Å²) < 4.78 is 46.0. The standard InChI is InChI=1S/C37H47ClN2O9S/c1-21-14-26(33(35(43)47-3)36(44)48-4)17-31(41)28-10-7-25(28)18-40-19-37(13-5-6-23-15-27(38)9-11-29(23)37)20-49-32-12-8-24(16-30(32)40)34(42)39-50(45,46)22(21)2/h8-9,11-12,15-16,21-22,25-26,28,31,33,41H,5-7,10,13-14,17-20H2,1-4H3,(H,39,42)/t21-,22-,25+,26+,28-,31+,37+/m1/s1. The van der Waals surface area contributed by atoms with Crippen LogP contribution in [-0.4, -0.2) is 76.6 Å². The van der Waals surface area contributed by atoms with Crippen molar-refractivity contribution in [2.45, 2.75) is 75.6 Å². The monoisotopic (exact) mass is 730 g/mol. The van der Waals surface area contributed by atoms with Gasteiger partial charge in [-0.3, -0.25) is 14.4 Å². The van der Waals surface area contributed by atoms with Crippen molar-refractivity contribution < 1.29 is 42.1 Å². The van der Waals surface area contributed by atoms with Gasteiger partial charge in [0.05, 0.1) is 37.9 Å². The summed E-state index contributed by atoms with van der Waals surface area (Å²) in [4.78, 5) is 41.8. The molecule has 1 fully saturated rings. The SMILES string of the molecule is COC(=O)C(C(=O)OC)[C@H]1C[C@@H](C)[C@@H](C)S(=O)(=O)NC(=O)c2ccc3c(c2)N(C[C@@H]2CC[C@H]2[C@@H](O)C1)C[C@@]1(CCCc2cc(Cl)ccc21)CO3. The van der Waals surface area contributed by atoms with Crippen LogP contribution in [0.15, 0.2) is 36.4 Å². The Morgan fingerprint density at radius 2 is 1.82 bits per heavy atom. The third-order valence-corrected chi connectivity index (χ3v) is 14.0. The van der Waals surface area contributed by atoms with Gasteiger partial charge in [0.25, 0.3) is 5.91 Å². The number of carbonyl (C=O) groups excluding carboxylic acids is 3. The minimum absolute atomic E-state index is 0.0683. The molecule has 2 aromatic carbocycles. The van der Waals surface area contributed by atoms with Crippen LogP contribution in [0, 0.1) is 29.6 Å². The highest BCUT2D eigenvalue weighted by molar-refractivity contribution is 7.90. The van der Waals surface area contributed by atoms with Crippen LogP contribution in [0.3, 0.4) is 0 Å². The Kier molecular flexibility index (Phi) is 10.5. The Hall–Kier alpha value is -3.35. The van der Waals surface area contributed by atoms with Gasteiger partial charge in [-0.1, -0.05) is 24.6 Å². The number of benzene rings is 2. The predicted octanol–water partition coefficient (Wildman–Crippen LogP) is 4.66. The number of nitrogens with zero attached hydrogens (tertiary/aromatic N) is 1. The van der Waals surface area contributed by atoms with E-state index in [0.717, 1.165) is 32.1 Å². The molecule has 4 aliphatic rings. The molecule has 0 aromatic heterocycles. The smallest absolute Gasteiger partial charge is 0.320 e. The molecule has 2 bridgehead atoms. The molecule has 272 valence electrons. The van der Waals surface area contributed by atoms with E-state index in [0.29, 0.717) is 36.2 Å². The van der Waals surface area contributed by atoms with E-state index in [9.17, 15) is 27.9 Å². The van der Waals surface area contributed by atoms with E-state index in [1.54, 1.807) is 25.1 Å². The van der Waals surface area contributed by atoms with Gasteiger partial charge in [-0.25, -0.2) is 13.1 Å². The molecule has 1 saturated carbocycles. The zero-order chi connectivity index (χ0) is 36.0. The van der Waals surface area contributed by atoms with Crippen LogP contribution < -0.4 is 14.4 Å².